The Balaban J connectivity index is 1.55. The standard InChI is InChI=1S/C15H22ClN3/c16-13-1-3-14(4-2-13)18-9-5-15(6-10-18)19-11-7-17-8-12-19/h1-4,15,17H,5-12H2. The van der Waals surface area contributed by atoms with Gasteiger partial charge in [0.2, 0.25) is 0 Å². The highest BCUT2D eigenvalue weighted by Gasteiger charge is 2.25. The molecule has 2 fully saturated rings. The largest absolute Gasteiger partial charge is 0.371 e. The van der Waals surface area contributed by atoms with Crippen LogP contribution in [0.15, 0.2) is 24.3 Å². The summed E-state index contributed by atoms with van der Waals surface area (Å²) in [4.78, 5) is 5.14. The van der Waals surface area contributed by atoms with Crippen molar-refractivity contribution >= 4 is 17.3 Å². The van der Waals surface area contributed by atoms with Gasteiger partial charge >= 0.3 is 0 Å². The van der Waals surface area contributed by atoms with Crippen LogP contribution in [0.1, 0.15) is 12.8 Å². The highest BCUT2D eigenvalue weighted by Crippen LogP contribution is 2.24. The van der Waals surface area contributed by atoms with Gasteiger partial charge in [-0.05, 0) is 37.1 Å². The molecule has 0 amide bonds. The highest BCUT2D eigenvalue weighted by atomic mass is 35.5. The summed E-state index contributed by atoms with van der Waals surface area (Å²) < 4.78 is 0. The first-order chi connectivity index (χ1) is 9.33. The number of benzene rings is 1. The molecule has 2 aliphatic heterocycles. The summed E-state index contributed by atoms with van der Waals surface area (Å²) in [5.41, 5.74) is 1.31. The third-order valence-corrected chi connectivity index (χ3v) is 4.58. The van der Waals surface area contributed by atoms with Crippen LogP contribution in [-0.4, -0.2) is 50.2 Å². The molecule has 0 aromatic heterocycles. The molecule has 0 aliphatic carbocycles. The lowest BCUT2D eigenvalue weighted by Crippen LogP contribution is -2.52. The van der Waals surface area contributed by atoms with Crippen molar-refractivity contribution in [3.63, 3.8) is 0 Å². The number of hydrogen-bond donors (Lipinski definition) is 1. The minimum atomic E-state index is 0.783. The Kier molecular flexibility index (Phi) is 4.26. The van der Waals surface area contributed by atoms with Gasteiger partial charge in [0.1, 0.15) is 0 Å². The second-order valence-corrected chi connectivity index (χ2v) is 5.92. The van der Waals surface area contributed by atoms with Gasteiger partial charge in [0.25, 0.3) is 0 Å². The fraction of sp³-hybridized carbons (Fsp3) is 0.600. The molecule has 1 N–H and O–H groups in total. The van der Waals surface area contributed by atoms with Crippen LogP contribution >= 0.6 is 11.6 Å². The smallest absolute Gasteiger partial charge is 0.0407 e. The first-order valence-electron chi connectivity index (χ1n) is 7.28. The van der Waals surface area contributed by atoms with Crippen molar-refractivity contribution in [2.45, 2.75) is 18.9 Å². The Labute approximate surface area is 120 Å². The monoisotopic (exact) mass is 279 g/mol. The van der Waals surface area contributed by atoms with Crippen LogP contribution in [0.4, 0.5) is 5.69 Å². The summed E-state index contributed by atoms with van der Waals surface area (Å²) in [7, 11) is 0. The number of piperazine rings is 1. The molecule has 1 aromatic rings. The quantitative estimate of drug-likeness (QED) is 0.896. The number of nitrogens with one attached hydrogen (secondary N) is 1. The van der Waals surface area contributed by atoms with Crippen molar-refractivity contribution in [3.05, 3.63) is 29.3 Å². The Morgan fingerprint density at radius 1 is 0.947 bits per heavy atom. The van der Waals surface area contributed by atoms with Crippen LogP contribution in [0.25, 0.3) is 0 Å². The van der Waals surface area contributed by atoms with Crippen molar-refractivity contribution in [2.75, 3.05) is 44.2 Å². The lowest BCUT2D eigenvalue weighted by atomic mass is 10.0. The molecule has 2 saturated heterocycles. The predicted octanol–water partition coefficient (Wildman–Crippen LogP) is 2.21. The van der Waals surface area contributed by atoms with Crippen molar-refractivity contribution in [2.24, 2.45) is 0 Å². The van der Waals surface area contributed by atoms with Crippen LogP contribution in [-0.2, 0) is 0 Å². The maximum Gasteiger partial charge on any atom is 0.0407 e. The Hall–Kier alpha value is -0.770. The normalized spacial score (nSPS) is 22.7. The van der Waals surface area contributed by atoms with Crippen molar-refractivity contribution in [1.29, 1.82) is 0 Å². The zero-order chi connectivity index (χ0) is 13.1. The average Bonchev–Trinajstić information content (AvgIpc) is 2.49. The molecule has 0 atom stereocenters. The number of halogens is 1. The lowest BCUT2D eigenvalue weighted by Gasteiger charge is -2.41. The Morgan fingerprint density at radius 2 is 1.58 bits per heavy atom. The summed E-state index contributed by atoms with van der Waals surface area (Å²) >= 11 is 5.94. The van der Waals surface area contributed by atoms with E-state index in [9.17, 15) is 0 Å². The third kappa shape index (κ3) is 3.22. The molecule has 0 bridgehead atoms. The van der Waals surface area contributed by atoms with Crippen molar-refractivity contribution < 1.29 is 0 Å². The summed E-state index contributed by atoms with van der Waals surface area (Å²) in [6, 6.07) is 9.02. The Morgan fingerprint density at radius 3 is 2.21 bits per heavy atom. The second-order valence-electron chi connectivity index (χ2n) is 5.48. The number of anilines is 1. The van der Waals surface area contributed by atoms with E-state index in [4.69, 9.17) is 11.6 Å². The minimum absolute atomic E-state index is 0.783. The third-order valence-electron chi connectivity index (χ3n) is 4.32. The zero-order valence-corrected chi connectivity index (χ0v) is 12.1. The lowest BCUT2D eigenvalue weighted by molar-refractivity contribution is 0.150. The van der Waals surface area contributed by atoms with Crippen molar-refractivity contribution in [1.82, 2.24) is 10.2 Å². The van der Waals surface area contributed by atoms with E-state index in [1.807, 2.05) is 12.1 Å². The fourth-order valence-corrected chi connectivity index (χ4v) is 3.31. The summed E-state index contributed by atoms with van der Waals surface area (Å²) in [6.07, 6.45) is 2.56. The summed E-state index contributed by atoms with van der Waals surface area (Å²) in [5.74, 6) is 0. The van der Waals surface area contributed by atoms with Gasteiger partial charge in [-0.2, -0.15) is 0 Å². The van der Waals surface area contributed by atoms with Gasteiger partial charge in [0, 0.05) is 56.0 Å². The molecule has 0 spiro atoms. The van der Waals surface area contributed by atoms with Gasteiger partial charge in [-0.25, -0.2) is 0 Å². The van der Waals surface area contributed by atoms with Crippen LogP contribution in [0.3, 0.4) is 0 Å². The molecule has 4 heteroatoms. The van der Waals surface area contributed by atoms with Crippen LogP contribution in [0.2, 0.25) is 5.02 Å². The van der Waals surface area contributed by atoms with E-state index in [1.165, 1.54) is 31.6 Å². The highest BCUT2D eigenvalue weighted by molar-refractivity contribution is 6.30. The molecule has 0 radical (unpaired) electrons. The zero-order valence-electron chi connectivity index (χ0n) is 11.3. The topological polar surface area (TPSA) is 18.5 Å². The molecule has 2 heterocycles. The van der Waals surface area contributed by atoms with Crippen LogP contribution in [0.5, 0.6) is 0 Å². The van der Waals surface area contributed by atoms with Gasteiger partial charge < -0.3 is 10.2 Å². The molecule has 104 valence electrons. The summed E-state index contributed by atoms with van der Waals surface area (Å²) in [6.45, 7) is 7.05. The maximum absolute atomic E-state index is 5.94. The first kappa shape index (κ1) is 13.2. The van der Waals surface area contributed by atoms with Gasteiger partial charge in [-0.15, -0.1) is 0 Å². The minimum Gasteiger partial charge on any atom is -0.371 e. The van der Waals surface area contributed by atoms with E-state index in [1.54, 1.807) is 0 Å². The molecule has 2 aliphatic rings. The van der Waals surface area contributed by atoms with E-state index in [0.717, 1.165) is 37.2 Å². The van der Waals surface area contributed by atoms with E-state index in [2.05, 4.69) is 27.2 Å². The number of rotatable bonds is 2. The van der Waals surface area contributed by atoms with Gasteiger partial charge in [-0.3, -0.25) is 4.90 Å². The summed E-state index contributed by atoms with van der Waals surface area (Å²) in [5, 5.41) is 4.25. The van der Waals surface area contributed by atoms with Crippen LogP contribution < -0.4 is 10.2 Å². The molecule has 0 unspecified atom stereocenters. The molecular weight excluding hydrogens is 258 g/mol. The van der Waals surface area contributed by atoms with E-state index >= 15 is 0 Å². The molecule has 3 nitrogen and oxygen atoms in total. The van der Waals surface area contributed by atoms with E-state index in [-0.39, 0.29) is 0 Å². The number of nitrogens with zero attached hydrogens (tertiary/aromatic N) is 2. The molecule has 3 rings (SSSR count). The van der Waals surface area contributed by atoms with Gasteiger partial charge in [0.15, 0.2) is 0 Å². The van der Waals surface area contributed by atoms with Gasteiger partial charge in [0.05, 0.1) is 0 Å². The van der Waals surface area contributed by atoms with E-state index in [0.29, 0.717) is 0 Å². The first-order valence-corrected chi connectivity index (χ1v) is 7.66. The van der Waals surface area contributed by atoms with E-state index < -0.39 is 0 Å². The fourth-order valence-electron chi connectivity index (χ4n) is 3.19. The van der Waals surface area contributed by atoms with Gasteiger partial charge in [-0.1, -0.05) is 11.6 Å². The average molecular weight is 280 g/mol. The molecular formula is C15H22ClN3. The van der Waals surface area contributed by atoms with Crippen LogP contribution in [0, 0.1) is 0 Å². The molecule has 19 heavy (non-hydrogen) atoms. The maximum atomic E-state index is 5.94. The Bertz CT molecular complexity index is 392. The number of hydrogen-bond acceptors (Lipinski definition) is 3. The molecule has 1 aromatic carbocycles. The number of piperidine rings is 1. The van der Waals surface area contributed by atoms with Crippen molar-refractivity contribution in [3.8, 4) is 0 Å². The predicted molar refractivity (Wildman–Crippen MR) is 81.1 cm³/mol. The SMILES string of the molecule is Clc1ccc(N2CCC(N3CCNCC3)CC2)cc1. The second kappa shape index (κ2) is 6.12. The molecule has 0 saturated carbocycles.